The Morgan fingerprint density at radius 1 is 1.24 bits per heavy atom. The normalized spacial score (nSPS) is 31.5. The molecule has 17 heavy (non-hydrogen) atoms. The summed E-state index contributed by atoms with van der Waals surface area (Å²) in [7, 11) is 0. The summed E-state index contributed by atoms with van der Waals surface area (Å²) in [5.74, 6) is 1.48. The molecule has 1 saturated carbocycles. The maximum atomic E-state index is 10.6. The summed E-state index contributed by atoms with van der Waals surface area (Å²) in [4.78, 5) is 0. The molecule has 1 aliphatic carbocycles. The third-order valence-corrected chi connectivity index (χ3v) is 3.61. The quantitative estimate of drug-likeness (QED) is 0.766. The summed E-state index contributed by atoms with van der Waals surface area (Å²) in [5.41, 5.74) is 5.96. The Balaban J connectivity index is 1.93. The minimum Gasteiger partial charge on any atom is -0.486 e. The first-order chi connectivity index (χ1) is 8.17. The SMILES string of the molecule is NC1CCC(O)(c2ccc3c(c2)OCCO3)C1. The molecule has 1 aliphatic heterocycles. The first-order valence-corrected chi connectivity index (χ1v) is 6.05. The van der Waals surface area contributed by atoms with Crippen molar-refractivity contribution in [1.82, 2.24) is 0 Å². The molecule has 0 bridgehead atoms. The van der Waals surface area contributed by atoms with Gasteiger partial charge in [-0.2, -0.15) is 0 Å². The molecule has 0 aromatic heterocycles. The molecule has 2 unspecified atom stereocenters. The highest BCUT2D eigenvalue weighted by Crippen LogP contribution is 2.41. The van der Waals surface area contributed by atoms with Gasteiger partial charge in [0, 0.05) is 6.04 Å². The molecule has 1 fully saturated rings. The lowest BCUT2D eigenvalue weighted by molar-refractivity contribution is 0.0424. The summed E-state index contributed by atoms with van der Waals surface area (Å²) >= 11 is 0. The highest BCUT2D eigenvalue weighted by molar-refractivity contribution is 5.45. The van der Waals surface area contributed by atoms with Crippen molar-refractivity contribution in [3.8, 4) is 11.5 Å². The molecular formula is C13H17NO3. The summed E-state index contributed by atoms with van der Waals surface area (Å²) in [6.07, 6.45) is 2.20. The summed E-state index contributed by atoms with van der Waals surface area (Å²) in [6.45, 7) is 1.15. The molecule has 3 N–H and O–H groups in total. The number of benzene rings is 1. The predicted molar refractivity (Wildman–Crippen MR) is 63.2 cm³/mol. The smallest absolute Gasteiger partial charge is 0.161 e. The van der Waals surface area contributed by atoms with Crippen LogP contribution in [0, 0.1) is 0 Å². The first-order valence-electron chi connectivity index (χ1n) is 6.05. The van der Waals surface area contributed by atoms with Crippen molar-refractivity contribution in [2.45, 2.75) is 30.9 Å². The molecule has 0 radical (unpaired) electrons. The second kappa shape index (κ2) is 3.89. The topological polar surface area (TPSA) is 64.7 Å². The van der Waals surface area contributed by atoms with Crippen molar-refractivity contribution in [2.75, 3.05) is 13.2 Å². The van der Waals surface area contributed by atoms with E-state index in [0.717, 1.165) is 23.5 Å². The van der Waals surface area contributed by atoms with E-state index in [0.29, 0.717) is 26.1 Å². The van der Waals surface area contributed by atoms with Crippen LogP contribution in [-0.2, 0) is 5.60 Å². The molecule has 1 aromatic carbocycles. The van der Waals surface area contributed by atoms with Gasteiger partial charge in [-0.05, 0) is 37.0 Å². The summed E-state index contributed by atoms with van der Waals surface area (Å²) < 4.78 is 11.0. The van der Waals surface area contributed by atoms with Crippen molar-refractivity contribution in [3.05, 3.63) is 23.8 Å². The van der Waals surface area contributed by atoms with Crippen LogP contribution >= 0.6 is 0 Å². The van der Waals surface area contributed by atoms with Crippen LogP contribution in [0.5, 0.6) is 11.5 Å². The molecule has 2 aliphatic rings. The van der Waals surface area contributed by atoms with Gasteiger partial charge in [0.05, 0.1) is 5.60 Å². The average Bonchev–Trinajstić information content (AvgIpc) is 2.70. The number of fused-ring (bicyclic) bond motifs is 1. The summed E-state index contributed by atoms with van der Waals surface area (Å²) in [6, 6.07) is 5.75. The van der Waals surface area contributed by atoms with Gasteiger partial charge in [0.2, 0.25) is 0 Å². The number of nitrogens with two attached hydrogens (primary N) is 1. The van der Waals surface area contributed by atoms with Gasteiger partial charge in [-0.3, -0.25) is 0 Å². The van der Waals surface area contributed by atoms with Gasteiger partial charge in [-0.15, -0.1) is 0 Å². The average molecular weight is 235 g/mol. The fraction of sp³-hybridized carbons (Fsp3) is 0.538. The fourth-order valence-electron chi connectivity index (χ4n) is 2.66. The standard InChI is InChI=1S/C13H17NO3/c14-10-3-4-13(15,8-10)9-1-2-11-12(7-9)17-6-5-16-11/h1-2,7,10,15H,3-6,8,14H2. The van der Waals surface area contributed by atoms with Crippen molar-refractivity contribution in [1.29, 1.82) is 0 Å². The lowest BCUT2D eigenvalue weighted by atomic mass is 9.91. The van der Waals surface area contributed by atoms with Crippen molar-refractivity contribution in [2.24, 2.45) is 5.73 Å². The second-order valence-electron chi connectivity index (χ2n) is 4.89. The lowest BCUT2D eigenvalue weighted by Gasteiger charge is -2.26. The number of rotatable bonds is 1. The maximum absolute atomic E-state index is 10.6. The Kier molecular flexibility index (Phi) is 2.49. The van der Waals surface area contributed by atoms with Gasteiger partial charge >= 0.3 is 0 Å². The number of aliphatic hydroxyl groups is 1. The highest BCUT2D eigenvalue weighted by atomic mass is 16.6. The Morgan fingerprint density at radius 3 is 2.71 bits per heavy atom. The lowest BCUT2D eigenvalue weighted by Crippen LogP contribution is -2.26. The third-order valence-electron chi connectivity index (χ3n) is 3.61. The minimum atomic E-state index is -0.796. The predicted octanol–water partition coefficient (Wildman–Crippen LogP) is 1.16. The van der Waals surface area contributed by atoms with Crippen LogP contribution < -0.4 is 15.2 Å². The Bertz CT molecular complexity index is 435. The molecule has 0 saturated heterocycles. The molecular weight excluding hydrogens is 218 g/mol. The summed E-state index contributed by atoms with van der Waals surface area (Å²) in [5, 5.41) is 10.6. The minimum absolute atomic E-state index is 0.0909. The molecule has 2 atom stereocenters. The van der Waals surface area contributed by atoms with Gasteiger partial charge in [-0.25, -0.2) is 0 Å². The van der Waals surface area contributed by atoms with E-state index in [4.69, 9.17) is 15.2 Å². The zero-order valence-electron chi connectivity index (χ0n) is 9.69. The van der Waals surface area contributed by atoms with Gasteiger partial charge < -0.3 is 20.3 Å². The van der Waals surface area contributed by atoms with Gasteiger partial charge in [0.25, 0.3) is 0 Å². The highest BCUT2D eigenvalue weighted by Gasteiger charge is 2.37. The monoisotopic (exact) mass is 235 g/mol. The Hall–Kier alpha value is -1.26. The maximum Gasteiger partial charge on any atom is 0.161 e. The van der Waals surface area contributed by atoms with E-state index in [9.17, 15) is 5.11 Å². The first kappa shape index (κ1) is 10.9. The van der Waals surface area contributed by atoms with Crippen LogP contribution in [0.3, 0.4) is 0 Å². The molecule has 4 heteroatoms. The molecule has 0 amide bonds. The number of hydrogen-bond donors (Lipinski definition) is 2. The van der Waals surface area contributed by atoms with Crippen LogP contribution in [0.15, 0.2) is 18.2 Å². The van der Waals surface area contributed by atoms with Crippen LogP contribution in [0.25, 0.3) is 0 Å². The zero-order valence-corrected chi connectivity index (χ0v) is 9.69. The van der Waals surface area contributed by atoms with E-state index in [1.807, 2.05) is 18.2 Å². The van der Waals surface area contributed by atoms with E-state index in [1.165, 1.54) is 0 Å². The van der Waals surface area contributed by atoms with E-state index in [-0.39, 0.29) is 6.04 Å². The van der Waals surface area contributed by atoms with Crippen LogP contribution in [-0.4, -0.2) is 24.4 Å². The third kappa shape index (κ3) is 1.87. The zero-order chi connectivity index (χ0) is 11.9. The fourth-order valence-corrected chi connectivity index (χ4v) is 2.66. The molecule has 3 rings (SSSR count). The molecule has 1 heterocycles. The van der Waals surface area contributed by atoms with E-state index in [1.54, 1.807) is 0 Å². The molecule has 0 spiro atoms. The van der Waals surface area contributed by atoms with Crippen LogP contribution in [0.2, 0.25) is 0 Å². The Morgan fingerprint density at radius 2 is 2.00 bits per heavy atom. The van der Waals surface area contributed by atoms with E-state index in [2.05, 4.69) is 0 Å². The number of ether oxygens (including phenoxy) is 2. The Labute approximate surface area is 100 Å². The number of hydrogen-bond acceptors (Lipinski definition) is 4. The molecule has 92 valence electrons. The van der Waals surface area contributed by atoms with E-state index < -0.39 is 5.60 Å². The van der Waals surface area contributed by atoms with E-state index >= 15 is 0 Å². The largest absolute Gasteiger partial charge is 0.486 e. The van der Waals surface area contributed by atoms with Gasteiger partial charge in [-0.1, -0.05) is 6.07 Å². The van der Waals surface area contributed by atoms with Crippen LogP contribution in [0.4, 0.5) is 0 Å². The van der Waals surface area contributed by atoms with Gasteiger partial charge in [0.1, 0.15) is 13.2 Å². The molecule has 1 aromatic rings. The van der Waals surface area contributed by atoms with Crippen molar-refractivity contribution >= 4 is 0 Å². The van der Waals surface area contributed by atoms with Crippen molar-refractivity contribution < 1.29 is 14.6 Å². The molecule has 4 nitrogen and oxygen atoms in total. The second-order valence-corrected chi connectivity index (χ2v) is 4.89. The van der Waals surface area contributed by atoms with Gasteiger partial charge in [0.15, 0.2) is 11.5 Å². The van der Waals surface area contributed by atoms with Crippen LogP contribution in [0.1, 0.15) is 24.8 Å². The van der Waals surface area contributed by atoms with Crippen molar-refractivity contribution in [3.63, 3.8) is 0 Å².